The fourth-order valence-corrected chi connectivity index (χ4v) is 4.72. The third kappa shape index (κ3) is 3.47. The van der Waals surface area contributed by atoms with Crippen LogP contribution in [0, 0.1) is 0 Å². The zero-order valence-electron chi connectivity index (χ0n) is 15.0. The Balaban J connectivity index is 2.23. The van der Waals surface area contributed by atoms with Crippen molar-refractivity contribution in [3.8, 4) is 0 Å². The second kappa shape index (κ2) is 7.46. The summed E-state index contributed by atoms with van der Waals surface area (Å²) in [5.41, 5.74) is 0.767. The third-order valence-electron chi connectivity index (χ3n) is 6.81. The first kappa shape index (κ1) is 17.3. The van der Waals surface area contributed by atoms with Crippen LogP contribution in [-0.2, 0) is 0 Å². The quantitative estimate of drug-likeness (QED) is 0.737. The average molecular weight is 295 g/mol. The summed E-state index contributed by atoms with van der Waals surface area (Å²) in [6.07, 6.45) is 13.8. The van der Waals surface area contributed by atoms with Crippen molar-refractivity contribution in [2.24, 2.45) is 0 Å². The maximum atomic E-state index is 3.97. The van der Waals surface area contributed by atoms with Gasteiger partial charge in [0.05, 0.1) is 0 Å². The Kier molecular flexibility index (Phi) is 6.14. The molecule has 1 heterocycles. The molecule has 0 spiro atoms. The molecule has 21 heavy (non-hydrogen) atoms. The number of hydrogen-bond donors (Lipinski definition) is 1. The first-order chi connectivity index (χ1) is 10.2. The Morgan fingerprint density at radius 3 is 1.90 bits per heavy atom. The number of rotatable bonds is 5. The minimum atomic E-state index is 0.361. The van der Waals surface area contributed by atoms with Crippen molar-refractivity contribution in [2.45, 2.75) is 109 Å². The zero-order valence-corrected chi connectivity index (χ0v) is 15.0. The first-order valence-electron chi connectivity index (χ1n) is 9.67. The maximum absolute atomic E-state index is 3.97. The summed E-state index contributed by atoms with van der Waals surface area (Å²) in [4.78, 5) is 2.97. The molecule has 0 aromatic carbocycles. The Hall–Kier alpha value is -0.0800. The molecular formula is C19H38N2. The van der Waals surface area contributed by atoms with Crippen molar-refractivity contribution in [1.82, 2.24) is 10.2 Å². The molecular weight excluding hydrogens is 256 g/mol. The van der Waals surface area contributed by atoms with Gasteiger partial charge in [-0.3, -0.25) is 4.90 Å². The second-order valence-electron chi connectivity index (χ2n) is 7.55. The molecule has 1 aliphatic heterocycles. The summed E-state index contributed by atoms with van der Waals surface area (Å²) in [5.74, 6) is 0. The van der Waals surface area contributed by atoms with E-state index in [4.69, 9.17) is 0 Å². The molecule has 2 heteroatoms. The molecule has 0 aromatic rings. The van der Waals surface area contributed by atoms with Crippen LogP contribution in [0.1, 0.15) is 91.9 Å². The minimum absolute atomic E-state index is 0.361. The summed E-state index contributed by atoms with van der Waals surface area (Å²) >= 11 is 0. The van der Waals surface area contributed by atoms with Crippen molar-refractivity contribution >= 4 is 0 Å². The van der Waals surface area contributed by atoms with Crippen LogP contribution in [0.3, 0.4) is 0 Å². The van der Waals surface area contributed by atoms with E-state index in [9.17, 15) is 0 Å². The summed E-state index contributed by atoms with van der Waals surface area (Å²) in [7, 11) is 0. The highest BCUT2D eigenvalue weighted by Gasteiger charge is 2.46. The molecule has 1 N–H and O–H groups in total. The van der Waals surface area contributed by atoms with Gasteiger partial charge in [-0.15, -0.1) is 0 Å². The van der Waals surface area contributed by atoms with E-state index in [1.165, 1.54) is 77.3 Å². The van der Waals surface area contributed by atoms with Gasteiger partial charge in [-0.1, -0.05) is 53.4 Å². The molecule has 0 aromatic heterocycles. The fourth-order valence-electron chi connectivity index (χ4n) is 4.72. The molecule has 0 amide bonds. The third-order valence-corrected chi connectivity index (χ3v) is 6.81. The van der Waals surface area contributed by atoms with Crippen molar-refractivity contribution in [3.63, 3.8) is 0 Å². The molecule has 0 bridgehead atoms. The van der Waals surface area contributed by atoms with Crippen LogP contribution in [0.5, 0.6) is 0 Å². The highest BCUT2D eigenvalue weighted by atomic mass is 15.3. The average Bonchev–Trinajstić information content (AvgIpc) is 2.83. The molecule has 1 saturated heterocycles. The van der Waals surface area contributed by atoms with Gasteiger partial charge >= 0.3 is 0 Å². The number of nitrogens with one attached hydrogen (secondary N) is 1. The van der Waals surface area contributed by atoms with Gasteiger partial charge in [-0.05, 0) is 38.5 Å². The minimum Gasteiger partial charge on any atom is -0.308 e. The molecule has 1 saturated carbocycles. The molecule has 2 nitrogen and oxygen atoms in total. The van der Waals surface area contributed by atoms with Crippen LogP contribution in [-0.4, -0.2) is 35.1 Å². The van der Waals surface area contributed by atoms with E-state index in [0.29, 0.717) is 11.1 Å². The summed E-state index contributed by atoms with van der Waals surface area (Å²) in [6.45, 7) is 12.0. The maximum Gasteiger partial charge on any atom is 0.0332 e. The topological polar surface area (TPSA) is 15.3 Å². The Bertz CT molecular complexity index is 297. The predicted octanol–water partition coefficient (Wildman–Crippen LogP) is 4.73. The SMILES string of the molecule is CCC1(CC)CN(C2CCCCCC2)C(CC)(CC)CN1. The molecule has 0 atom stereocenters. The number of nitrogens with zero attached hydrogens (tertiary/aromatic N) is 1. The van der Waals surface area contributed by atoms with E-state index in [0.717, 1.165) is 6.04 Å². The van der Waals surface area contributed by atoms with Crippen molar-refractivity contribution in [2.75, 3.05) is 13.1 Å². The van der Waals surface area contributed by atoms with E-state index in [-0.39, 0.29) is 0 Å². The van der Waals surface area contributed by atoms with Gasteiger partial charge < -0.3 is 5.32 Å². The lowest BCUT2D eigenvalue weighted by Crippen LogP contribution is -2.71. The van der Waals surface area contributed by atoms with Gasteiger partial charge in [0.15, 0.2) is 0 Å². The molecule has 0 radical (unpaired) electrons. The summed E-state index contributed by atoms with van der Waals surface area (Å²) in [5, 5.41) is 3.97. The van der Waals surface area contributed by atoms with E-state index in [1.807, 2.05) is 0 Å². The van der Waals surface area contributed by atoms with E-state index in [1.54, 1.807) is 0 Å². The van der Waals surface area contributed by atoms with Crippen LogP contribution in [0.4, 0.5) is 0 Å². The van der Waals surface area contributed by atoms with Gasteiger partial charge in [-0.25, -0.2) is 0 Å². The lowest BCUT2D eigenvalue weighted by atomic mass is 9.79. The summed E-state index contributed by atoms with van der Waals surface area (Å²) in [6, 6.07) is 0.840. The zero-order chi connectivity index (χ0) is 15.3. The standard InChI is InChI=1S/C19H38N2/c1-5-18(6-2)16-21(17-13-11-9-10-12-14-17)19(7-3,8-4)15-20-18/h17,20H,5-16H2,1-4H3. The first-order valence-corrected chi connectivity index (χ1v) is 9.67. The van der Waals surface area contributed by atoms with Crippen molar-refractivity contribution < 1.29 is 0 Å². The highest BCUT2D eigenvalue weighted by Crippen LogP contribution is 2.37. The molecule has 1 aliphatic carbocycles. The Morgan fingerprint density at radius 1 is 0.857 bits per heavy atom. The van der Waals surface area contributed by atoms with E-state index in [2.05, 4.69) is 37.9 Å². The van der Waals surface area contributed by atoms with E-state index >= 15 is 0 Å². The van der Waals surface area contributed by atoms with Gasteiger partial charge in [0.2, 0.25) is 0 Å². The van der Waals surface area contributed by atoms with Gasteiger partial charge in [0, 0.05) is 30.2 Å². The summed E-state index contributed by atoms with van der Waals surface area (Å²) < 4.78 is 0. The van der Waals surface area contributed by atoms with Crippen molar-refractivity contribution in [3.05, 3.63) is 0 Å². The van der Waals surface area contributed by atoms with Gasteiger partial charge in [-0.2, -0.15) is 0 Å². The number of hydrogen-bond acceptors (Lipinski definition) is 2. The molecule has 124 valence electrons. The van der Waals surface area contributed by atoms with Gasteiger partial charge in [0.1, 0.15) is 0 Å². The van der Waals surface area contributed by atoms with Crippen LogP contribution >= 0.6 is 0 Å². The van der Waals surface area contributed by atoms with Crippen LogP contribution in [0.15, 0.2) is 0 Å². The lowest BCUT2D eigenvalue weighted by Gasteiger charge is -2.57. The Labute approximate surface area is 133 Å². The molecule has 2 rings (SSSR count). The lowest BCUT2D eigenvalue weighted by molar-refractivity contribution is -0.0394. The van der Waals surface area contributed by atoms with Crippen LogP contribution < -0.4 is 5.32 Å². The van der Waals surface area contributed by atoms with Crippen LogP contribution in [0.25, 0.3) is 0 Å². The van der Waals surface area contributed by atoms with Crippen LogP contribution in [0.2, 0.25) is 0 Å². The number of piperazine rings is 1. The van der Waals surface area contributed by atoms with Crippen molar-refractivity contribution in [1.29, 1.82) is 0 Å². The Morgan fingerprint density at radius 2 is 1.43 bits per heavy atom. The fraction of sp³-hybridized carbons (Fsp3) is 1.00. The predicted molar refractivity (Wildman–Crippen MR) is 92.8 cm³/mol. The second-order valence-corrected chi connectivity index (χ2v) is 7.55. The monoisotopic (exact) mass is 294 g/mol. The molecule has 0 unspecified atom stereocenters. The molecule has 2 fully saturated rings. The normalized spacial score (nSPS) is 27.4. The van der Waals surface area contributed by atoms with Gasteiger partial charge in [0.25, 0.3) is 0 Å². The highest BCUT2D eigenvalue weighted by molar-refractivity contribution is 5.05. The molecule has 2 aliphatic rings. The van der Waals surface area contributed by atoms with E-state index < -0.39 is 0 Å². The largest absolute Gasteiger partial charge is 0.308 e. The smallest absolute Gasteiger partial charge is 0.0332 e.